The van der Waals surface area contributed by atoms with Gasteiger partial charge >= 0.3 is 0 Å². The minimum absolute atomic E-state index is 0.165. The summed E-state index contributed by atoms with van der Waals surface area (Å²) >= 11 is 0. The number of hydrogen-bond donors (Lipinski definition) is 1. The fraction of sp³-hybridized carbons (Fsp3) is 0.240. The Morgan fingerprint density at radius 1 is 1.13 bits per heavy atom. The van der Waals surface area contributed by atoms with Gasteiger partial charge in [-0.3, -0.25) is 9.78 Å². The number of ether oxygens (including phenoxy) is 1. The standard InChI is InChI=1S/C25H26N4O2/c1-18-8-5-10-21(16-18)31-15-7-14-29-23-12-4-3-11-22(23)28-24(29)19(2)27-25(30)20-9-6-13-26-17-20/h3-6,8-13,16-17,19H,7,14-15H2,1-2H3,(H,27,30). The van der Waals surface area contributed by atoms with Crippen molar-refractivity contribution in [2.45, 2.75) is 32.9 Å². The number of fused-ring (bicyclic) bond motifs is 1. The van der Waals surface area contributed by atoms with E-state index < -0.39 is 0 Å². The molecule has 0 saturated carbocycles. The number of nitrogens with one attached hydrogen (secondary N) is 1. The predicted octanol–water partition coefficient (Wildman–Crippen LogP) is 4.70. The van der Waals surface area contributed by atoms with E-state index in [2.05, 4.69) is 33.9 Å². The molecule has 4 rings (SSSR count). The van der Waals surface area contributed by atoms with Crippen molar-refractivity contribution in [3.63, 3.8) is 0 Å². The first-order chi connectivity index (χ1) is 15.1. The van der Waals surface area contributed by atoms with Crippen LogP contribution >= 0.6 is 0 Å². The van der Waals surface area contributed by atoms with Gasteiger partial charge in [-0.05, 0) is 62.2 Å². The zero-order valence-electron chi connectivity index (χ0n) is 17.8. The van der Waals surface area contributed by atoms with Crippen LogP contribution in [0.15, 0.2) is 73.1 Å². The minimum Gasteiger partial charge on any atom is -0.494 e. The van der Waals surface area contributed by atoms with E-state index in [1.165, 1.54) is 5.56 Å². The van der Waals surface area contributed by atoms with Crippen LogP contribution in [0.3, 0.4) is 0 Å². The smallest absolute Gasteiger partial charge is 0.253 e. The quantitative estimate of drug-likeness (QED) is 0.424. The SMILES string of the molecule is Cc1cccc(OCCCn2c(C(C)NC(=O)c3cccnc3)nc3ccccc32)c1. The molecule has 31 heavy (non-hydrogen) atoms. The van der Waals surface area contributed by atoms with Gasteiger partial charge in [0.15, 0.2) is 0 Å². The number of rotatable bonds is 8. The normalized spacial score (nSPS) is 11.9. The summed E-state index contributed by atoms with van der Waals surface area (Å²) in [4.78, 5) is 21.4. The summed E-state index contributed by atoms with van der Waals surface area (Å²) in [7, 11) is 0. The summed E-state index contributed by atoms with van der Waals surface area (Å²) in [6, 6.07) is 19.3. The first-order valence-electron chi connectivity index (χ1n) is 10.5. The molecule has 1 atom stereocenters. The molecule has 1 amide bonds. The average Bonchev–Trinajstić information content (AvgIpc) is 3.16. The number of para-hydroxylation sites is 2. The van der Waals surface area contributed by atoms with E-state index in [1.807, 2.05) is 43.3 Å². The molecule has 0 aliphatic heterocycles. The number of benzene rings is 2. The second-order valence-corrected chi connectivity index (χ2v) is 7.57. The minimum atomic E-state index is -0.252. The molecule has 2 heterocycles. The fourth-order valence-corrected chi connectivity index (χ4v) is 3.62. The number of nitrogens with zero attached hydrogens (tertiary/aromatic N) is 3. The van der Waals surface area contributed by atoms with E-state index in [-0.39, 0.29) is 11.9 Å². The van der Waals surface area contributed by atoms with Crippen molar-refractivity contribution in [1.82, 2.24) is 19.9 Å². The molecule has 2 aromatic heterocycles. The number of pyridine rings is 1. The van der Waals surface area contributed by atoms with Crippen molar-refractivity contribution in [3.8, 4) is 5.75 Å². The Kier molecular flexibility index (Phi) is 6.26. The lowest BCUT2D eigenvalue weighted by atomic mass is 10.2. The number of amides is 1. The first-order valence-corrected chi connectivity index (χ1v) is 10.5. The molecule has 6 heteroatoms. The topological polar surface area (TPSA) is 69.0 Å². The van der Waals surface area contributed by atoms with Crippen LogP contribution in [0.5, 0.6) is 5.75 Å². The summed E-state index contributed by atoms with van der Waals surface area (Å²) in [5.41, 5.74) is 3.68. The van der Waals surface area contributed by atoms with E-state index in [0.29, 0.717) is 12.2 Å². The van der Waals surface area contributed by atoms with Gasteiger partial charge in [-0.15, -0.1) is 0 Å². The van der Waals surface area contributed by atoms with Gasteiger partial charge in [-0.1, -0.05) is 24.3 Å². The molecule has 158 valence electrons. The maximum absolute atomic E-state index is 12.6. The maximum atomic E-state index is 12.6. The molecular weight excluding hydrogens is 388 g/mol. The van der Waals surface area contributed by atoms with Gasteiger partial charge in [0.2, 0.25) is 0 Å². The highest BCUT2D eigenvalue weighted by molar-refractivity contribution is 5.94. The van der Waals surface area contributed by atoms with Crippen molar-refractivity contribution < 1.29 is 9.53 Å². The van der Waals surface area contributed by atoms with E-state index in [0.717, 1.165) is 35.6 Å². The molecule has 0 aliphatic carbocycles. The molecular formula is C25H26N4O2. The summed E-state index contributed by atoms with van der Waals surface area (Å²) in [6.45, 7) is 5.35. The van der Waals surface area contributed by atoms with Crippen LogP contribution < -0.4 is 10.1 Å². The Balaban J connectivity index is 1.48. The fourth-order valence-electron chi connectivity index (χ4n) is 3.62. The number of aromatic nitrogens is 3. The van der Waals surface area contributed by atoms with Crippen molar-refractivity contribution >= 4 is 16.9 Å². The zero-order chi connectivity index (χ0) is 21.6. The van der Waals surface area contributed by atoms with Gasteiger partial charge in [0.05, 0.1) is 29.2 Å². The van der Waals surface area contributed by atoms with E-state index in [9.17, 15) is 4.79 Å². The van der Waals surface area contributed by atoms with Crippen LogP contribution in [-0.2, 0) is 6.54 Å². The molecule has 0 spiro atoms. The van der Waals surface area contributed by atoms with Crippen molar-refractivity contribution in [1.29, 1.82) is 0 Å². The van der Waals surface area contributed by atoms with Crippen molar-refractivity contribution in [3.05, 3.63) is 90.0 Å². The van der Waals surface area contributed by atoms with E-state index in [4.69, 9.17) is 9.72 Å². The molecule has 1 N–H and O–H groups in total. The van der Waals surface area contributed by atoms with Gasteiger partial charge in [0.1, 0.15) is 11.6 Å². The average molecular weight is 415 g/mol. The van der Waals surface area contributed by atoms with Gasteiger partial charge in [-0.25, -0.2) is 4.98 Å². The third-order valence-corrected chi connectivity index (χ3v) is 5.13. The van der Waals surface area contributed by atoms with Crippen molar-refractivity contribution in [2.24, 2.45) is 0 Å². The molecule has 0 saturated heterocycles. The molecule has 0 fully saturated rings. The maximum Gasteiger partial charge on any atom is 0.253 e. The number of imidazole rings is 1. The van der Waals surface area contributed by atoms with Crippen LogP contribution in [-0.4, -0.2) is 27.0 Å². The van der Waals surface area contributed by atoms with Crippen LogP contribution in [0.1, 0.15) is 41.1 Å². The number of aryl methyl sites for hydroxylation is 2. The summed E-state index contributed by atoms with van der Waals surface area (Å²) in [6.07, 6.45) is 4.04. The Bertz CT molecular complexity index is 1170. The van der Waals surface area contributed by atoms with Crippen molar-refractivity contribution in [2.75, 3.05) is 6.61 Å². The number of carbonyl (C=O) groups excluding carboxylic acids is 1. The third-order valence-electron chi connectivity index (χ3n) is 5.13. The lowest BCUT2D eigenvalue weighted by Crippen LogP contribution is -2.29. The molecule has 2 aromatic carbocycles. The second kappa shape index (κ2) is 9.43. The Labute approximate surface area is 181 Å². The van der Waals surface area contributed by atoms with E-state index in [1.54, 1.807) is 24.5 Å². The third kappa shape index (κ3) is 4.91. The van der Waals surface area contributed by atoms with Crippen LogP contribution in [0, 0.1) is 6.92 Å². The Hall–Kier alpha value is -3.67. The molecule has 0 radical (unpaired) electrons. The van der Waals surface area contributed by atoms with Gasteiger partial charge in [0, 0.05) is 18.9 Å². The summed E-state index contributed by atoms with van der Waals surface area (Å²) in [5, 5.41) is 3.04. The number of carbonyl (C=O) groups is 1. The highest BCUT2D eigenvalue weighted by Crippen LogP contribution is 2.22. The number of hydrogen-bond acceptors (Lipinski definition) is 4. The molecule has 6 nitrogen and oxygen atoms in total. The second-order valence-electron chi connectivity index (χ2n) is 7.57. The highest BCUT2D eigenvalue weighted by Gasteiger charge is 2.19. The van der Waals surface area contributed by atoms with Crippen LogP contribution in [0.25, 0.3) is 11.0 Å². The Morgan fingerprint density at radius 3 is 2.81 bits per heavy atom. The highest BCUT2D eigenvalue weighted by atomic mass is 16.5. The largest absolute Gasteiger partial charge is 0.494 e. The van der Waals surface area contributed by atoms with Crippen LogP contribution in [0.4, 0.5) is 0 Å². The lowest BCUT2D eigenvalue weighted by molar-refractivity contribution is 0.0937. The van der Waals surface area contributed by atoms with Gasteiger partial charge < -0.3 is 14.6 Å². The summed E-state index contributed by atoms with van der Waals surface area (Å²) < 4.78 is 8.08. The van der Waals surface area contributed by atoms with E-state index >= 15 is 0 Å². The predicted molar refractivity (Wildman–Crippen MR) is 121 cm³/mol. The first kappa shape index (κ1) is 20.6. The van der Waals surface area contributed by atoms with Crippen LogP contribution in [0.2, 0.25) is 0 Å². The molecule has 0 aliphatic rings. The van der Waals surface area contributed by atoms with Gasteiger partial charge in [0.25, 0.3) is 5.91 Å². The summed E-state index contributed by atoms with van der Waals surface area (Å²) in [5.74, 6) is 1.55. The van der Waals surface area contributed by atoms with Gasteiger partial charge in [-0.2, -0.15) is 0 Å². The monoisotopic (exact) mass is 414 g/mol. The lowest BCUT2D eigenvalue weighted by Gasteiger charge is -2.16. The Morgan fingerprint density at radius 2 is 2.00 bits per heavy atom. The molecule has 4 aromatic rings. The molecule has 0 bridgehead atoms. The molecule has 1 unspecified atom stereocenters. The zero-order valence-corrected chi connectivity index (χ0v) is 17.8.